The van der Waals surface area contributed by atoms with Gasteiger partial charge in [-0.15, -0.1) is 0 Å². The molecule has 0 aliphatic carbocycles. The fourth-order valence-corrected chi connectivity index (χ4v) is 1.83. The van der Waals surface area contributed by atoms with Crippen LogP contribution < -0.4 is 5.43 Å². The minimum atomic E-state index is 0.542. The van der Waals surface area contributed by atoms with Crippen molar-refractivity contribution in [1.29, 1.82) is 0 Å². The normalized spacial score (nSPS) is 10.3. The summed E-state index contributed by atoms with van der Waals surface area (Å²) in [5, 5.41) is 6.90. The second kappa shape index (κ2) is 5.18. The Balaban J connectivity index is 2.23. The lowest BCUT2D eigenvalue weighted by atomic mass is 10.1. The lowest BCUT2D eigenvalue weighted by molar-refractivity contribution is 0.831. The fourth-order valence-electron chi connectivity index (χ4n) is 1.64. The Morgan fingerprint density at radius 3 is 2.72 bits per heavy atom. The summed E-state index contributed by atoms with van der Waals surface area (Å²) in [4.78, 5) is 0. The predicted molar refractivity (Wildman–Crippen MR) is 76.4 cm³/mol. The quantitative estimate of drug-likeness (QED) is 0.831. The Hall–Kier alpha value is -1.88. The van der Waals surface area contributed by atoms with E-state index >= 15 is 0 Å². The van der Waals surface area contributed by atoms with Crippen molar-refractivity contribution in [2.75, 3.05) is 5.43 Å². The van der Waals surface area contributed by atoms with Gasteiger partial charge in [-0.1, -0.05) is 43.3 Å². The molecule has 2 rings (SSSR count). The Morgan fingerprint density at radius 2 is 2.11 bits per heavy atom. The standard InChI is InChI=1S/C13H16N4S/c1-4-12-14-15-13(18)17(12)16-10(3)11-7-5-9(2)6-8-11/h5-8,16H,3-4H2,1-2H3,(H,15,18). The van der Waals surface area contributed by atoms with Crippen molar-refractivity contribution in [2.45, 2.75) is 20.3 Å². The molecule has 1 heterocycles. The van der Waals surface area contributed by atoms with Crippen molar-refractivity contribution in [1.82, 2.24) is 14.9 Å². The van der Waals surface area contributed by atoms with E-state index in [1.807, 2.05) is 19.1 Å². The van der Waals surface area contributed by atoms with Gasteiger partial charge in [-0.25, -0.2) is 4.68 Å². The van der Waals surface area contributed by atoms with Crippen molar-refractivity contribution in [3.63, 3.8) is 0 Å². The molecule has 0 saturated heterocycles. The molecule has 2 aromatic rings. The van der Waals surface area contributed by atoms with Gasteiger partial charge in [0.25, 0.3) is 0 Å². The third-order valence-electron chi connectivity index (χ3n) is 2.70. The Kier molecular flexibility index (Phi) is 3.62. The maximum atomic E-state index is 5.17. The minimum absolute atomic E-state index is 0.542. The monoisotopic (exact) mass is 260 g/mol. The molecule has 0 unspecified atom stereocenters. The summed E-state index contributed by atoms with van der Waals surface area (Å²) in [6.45, 7) is 8.11. The van der Waals surface area contributed by atoms with Crippen molar-refractivity contribution < 1.29 is 0 Å². The van der Waals surface area contributed by atoms with Crippen LogP contribution in [0.4, 0.5) is 0 Å². The molecular weight excluding hydrogens is 244 g/mol. The first-order chi connectivity index (χ1) is 8.61. The molecule has 4 nitrogen and oxygen atoms in total. The van der Waals surface area contributed by atoms with Crippen LogP contribution in [0.3, 0.4) is 0 Å². The Bertz CT molecular complexity index is 607. The van der Waals surface area contributed by atoms with Crippen molar-refractivity contribution in [2.24, 2.45) is 0 Å². The molecule has 0 spiro atoms. The molecule has 0 bridgehead atoms. The highest BCUT2D eigenvalue weighted by molar-refractivity contribution is 7.71. The van der Waals surface area contributed by atoms with Gasteiger partial charge in [0.15, 0.2) is 5.82 Å². The predicted octanol–water partition coefficient (Wildman–Crippen LogP) is 3.03. The number of hydrogen-bond acceptors (Lipinski definition) is 3. The molecule has 1 aromatic heterocycles. The fraction of sp³-hybridized carbons (Fsp3) is 0.231. The number of benzene rings is 1. The lowest BCUT2D eigenvalue weighted by Crippen LogP contribution is -2.16. The summed E-state index contributed by atoms with van der Waals surface area (Å²) in [6.07, 6.45) is 0.793. The molecule has 18 heavy (non-hydrogen) atoms. The van der Waals surface area contributed by atoms with Crippen LogP contribution in [0.15, 0.2) is 30.8 Å². The third kappa shape index (κ3) is 2.51. The molecule has 0 saturated carbocycles. The average Bonchev–Trinajstić information content (AvgIpc) is 2.71. The topological polar surface area (TPSA) is 45.6 Å². The van der Waals surface area contributed by atoms with Crippen LogP contribution in [0.5, 0.6) is 0 Å². The van der Waals surface area contributed by atoms with Crippen LogP contribution in [0, 0.1) is 11.7 Å². The van der Waals surface area contributed by atoms with Gasteiger partial charge in [0, 0.05) is 6.42 Å². The lowest BCUT2D eigenvalue weighted by Gasteiger charge is -2.12. The zero-order valence-electron chi connectivity index (χ0n) is 10.5. The summed E-state index contributed by atoms with van der Waals surface area (Å²) in [5.41, 5.74) is 6.22. The van der Waals surface area contributed by atoms with Crippen LogP contribution in [0.2, 0.25) is 0 Å². The van der Waals surface area contributed by atoms with Crippen LogP contribution in [0.25, 0.3) is 5.70 Å². The molecule has 0 amide bonds. The first-order valence-electron chi connectivity index (χ1n) is 5.81. The van der Waals surface area contributed by atoms with E-state index in [1.54, 1.807) is 4.68 Å². The van der Waals surface area contributed by atoms with Gasteiger partial charge in [0.1, 0.15) is 0 Å². The zero-order valence-corrected chi connectivity index (χ0v) is 11.3. The first kappa shape index (κ1) is 12.6. The first-order valence-corrected chi connectivity index (χ1v) is 6.22. The van der Waals surface area contributed by atoms with Crippen LogP contribution in [-0.4, -0.2) is 14.9 Å². The number of nitrogens with zero attached hydrogens (tertiary/aromatic N) is 2. The van der Waals surface area contributed by atoms with Gasteiger partial charge in [-0.05, 0) is 24.7 Å². The Morgan fingerprint density at radius 1 is 1.44 bits per heavy atom. The van der Waals surface area contributed by atoms with Gasteiger partial charge in [-0.2, -0.15) is 5.10 Å². The van der Waals surface area contributed by atoms with Crippen LogP contribution in [0.1, 0.15) is 23.9 Å². The summed E-state index contributed by atoms with van der Waals surface area (Å²) >= 11 is 5.17. The van der Waals surface area contributed by atoms with E-state index in [9.17, 15) is 0 Å². The highest BCUT2D eigenvalue weighted by Crippen LogP contribution is 2.12. The number of aryl methyl sites for hydroxylation is 2. The Labute approximate surface area is 111 Å². The van der Waals surface area contributed by atoms with Crippen molar-refractivity contribution in [3.8, 4) is 0 Å². The summed E-state index contributed by atoms with van der Waals surface area (Å²) in [6, 6.07) is 8.16. The number of H-pyrrole nitrogens is 1. The zero-order chi connectivity index (χ0) is 13.1. The van der Waals surface area contributed by atoms with E-state index < -0.39 is 0 Å². The molecule has 0 aliphatic rings. The van der Waals surface area contributed by atoms with Gasteiger partial charge in [0.05, 0.1) is 5.70 Å². The largest absolute Gasteiger partial charge is 0.291 e. The number of aromatic amines is 1. The smallest absolute Gasteiger partial charge is 0.214 e. The van der Waals surface area contributed by atoms with Crippen molar-refractivity contribution >= 4 is 17.9 Å². The summed E-state index contributed by atoms with van der Waals surface area (Å²) < 4.78 is 2.29. The number of rotatable bonds is 4. The molecule has 0 atom stereocenters. The van der Waals surface area contributed by atoms with Gasteiger partial charge in [-0.3, -0.25) is 10.5 Å². The van der Waals surface area contributed by atoms with E-state index in [2.05, 4.69) is 41.3 Å². The van der Waals surface area contributed by atoms with E-state index in [4.69, 9.17) is 12.2 Å². The minimum Gasteiger partial charge on any atom is -0.291 e. The van der Waals surface area contributed by atoms with Gasteiger partial charge in [0.2, 0.25) is 4.77 Å². The second-order valence-electron chi connectivity index (χ2n) is 4.09. The molecule has 1 aromatic carbocycles. The van der Waals surface area contributed by atoms with E-state index in [0.717, 1.165) is 23.5 Å². The second-order valence-corrected chi connectivity index (χ2v) is 4.48. The third-order valence-corrected chi connectivity index (χ3v) is 2.98. The average molecular weight is 260 g/mol. The highest BCUT2D eigenvalue weighted by Gasteiger charge is 2.05. The summed E-state index contributed by atoms with van der Waals surface area (Å²) in [5.74, 6) is 0.855. The van der Waals surface area contributed by atoms with Gasteiger partial charge < -0.3 is 0 Å². The van der Waals surface area contributed by atoms with Gasteiger partial charge >= 0.3 is 0 Å². The van der Waals surface area contributed by atoms with Crippen LogP contribution in [-0.2, 0) is 6.42 Å². The van der Waals surface area contributed by atoms with Crippen LogP contribution >= 0.6 is 12.2 Å². The molecule has 94 valence electrons. The maximum absolute atomic E-state index is 5.17. The SMILES string of the molecule is C=C(Nn1c(CC)n[nH]c1=S)c1ccc(C)cc1. The molecule has 2 N–H and O–H groups in total. The molecule has 0 radical (unpaired) electrons. The number of aromatic nitrogens is 3. The van der Waals surface area contributed by atoms with E-state index in [0.29, 0.717) is 4.77 Å². The molecular formula is C13H16N4S. The maximum Gasteiger partial charge on any atom is 0.214 e. The number of hydrogen-bond donors (Lipinski definition) is 2. The number of nitrogens with one attached hydrogen (secondary N) is 2. The molecule has 0 fully saturated rings. The summed E-state index contributed by atoms with van der Waals surface area (Å²) in [7, 11) is 0. The van der Waals surface area contributed by atoms with Crippen molar-refractivity contribution in [3.05, 3.63) is 52.6 Å². The molecule has 0 aliphatic heterocycles. The highest BCUT2D eigenvalue weighted by atomic mass is 32.1. The molecule has 5 heteroatoms. The van der Waals surface area contributed by atoms with E-state index in [1.165, 1.54) is 5.56 Å². The van der Waals surface area contributed by atoms with E-state index in [-0.39, 0.29) is 0 Å².